The van der Waals surface area contributed by atoms with E-state index in [-0.39, 0.29) is 37.1 Å². The molecule has 1 aliphatic carbocycles. The monoisotopic (exact) mass is 480 g/mol. The molecule has 7 nitrogen and oxygen atoms in total. The number of nitrogens with zero attached hydrogens (tertiary/aromatic N) is 3. The Balaban J connectivity index is 1.51. The number of carbonyl (C=O) groups is 1. The molecule has 0 aromatic heterocycles. The summed E-state index contributed by atoms with van der Waals surface area (Å²) in [6.07, 6.45) is 1.54. The van der Waals surface area contributed by atoms with Crippen LogP contribution in [0, 0.1) is 28.3 Å². The van der Waals surface area contributed by atoms with Crippen molar-refractivity contribution in [2.75, 3.05) is 19.6 Å². The van der Waals surface area contributed by atoms with Crippen LogP contribution in [0.3, 0.4) is 0 Å². The number of sulfonamides is 1. The first kappa shape index (κ1) is 22.3. The number of hydrogen-bond donors (Lipinski definition) is 1. The highest BCUT2D eigenvalue weighted by molar-refractivity contribution is 7.89. The summed E-state index contributed by atoms with van der Waals surface area (Å²) in [5.41, 5.74) is 1.36. The molecule has 3 heterocycles. The molecule has 176 valence electrons. The van der Waals surface area contributed by atoms with Crippen LogP contribution in [0.25, 0.3) is 0 Å². The number of nitrogens with one attached hydrogen (secondary N) is 1. The molecule has 0 bridgehead atoms. The van der Waals surface area contributed by atoms with Crippen LogP contribution in [0.5, 0.6) is 0 Å². The number of allylic oxidation sites excluding steroid dienone is 2. The largest absolute Gasteiger partial charge is 0.342 e. The van der Waals surface area contributed by atoms with E-state index in [0.717, 1.165) is 15.6 Å². The van der Waals surface area contributed by atoms with Crippen molar-refractivity contribution >= 4 is 15.8 Å². The summed E-state index contributed by atoms with van der Waals surface area (Å²) in [6.45, 7) is 4.24. The van der Waals surface area contributed by atoms with Crippen molar-refractivity contribution in [2.24, 2.45) is 21.1 Å². The second-order valence-corrected chi connectivity index (χ2v) is 11.7. The number of fused-ring (bicyclic) bond motifs is 2. The maximum atomic E-state index is 14.3. The topological polar surface area (TPSA) is 91.2 Å². The highest BCUT2D eigenvalue weighted by atomic mass is 32.2. The van der Waals surface area contributed by atoms with Crippen LogP contribution in [0.2, 0.25) is 0 Å². The number of piperidine rings is 1. The summed E-state index contributed by atoms with van der Waals surface area (Å²) in [5, 5.41) is 11.6. The third-order valence-electron chi connectivity index (χ3n) is 7.02. The fourth-order valence-electron chi connectivity index (χ4n) is 5.63. The third kappa shape index (κ3) is 3.35. The maximum Gasteiger partial charge on any atom is 0.248 e. The fourth-order valence-corrected chi connectivity index (χ4v) is 7.16. The molecule has 1 spiro atoms. The molecular weight excluding hydrogens is 457 g/mol. The summed E-state index contributed by atoms with van der Waals surface area (Å²) in [4.78, 5) is 12.1. The van der Waals surface area contributed by atoms with Crippen molar-refractivity contribution in [1.29, 1.82) is 0 Å². The van der Waals surface area contributed by atoms with Crippen molar-refractivity contribution in [3.63, 3.8) is 0 Å². The van der Waals surface area contributed by atoms with Gasteiger partial charge in [-0.3, -0.25) is 4.79 Å². The first-order valence-electron chi connectivity index (χ1n) is 10.7. The standard InChI is InChI=1S/C22H23F3N4O3S/c1-21(2)9-16-18(17(30)10-21)22(13-11-26-28-20(13)27-16)3-5-29(6-4-22)33(31,32)19-14(24)7-12(23)8-15(19)25/h7-8,27H,3-6,9-11H2,1-2H3. The summed E-state index contributed by atoms with van der Waals surface area (Å²) in [6, 6.07) is 0.707. The van der Waals surface area contributed by atoms with Crippen LogP contribution in [0.15, 0.2) is 49.9 Å². The van der Waals surface area contributed by atoms with Gasteiger partial charge in [0.25, 0.3) is 0 Å². The van der Waals surface area contributed by atoms with Gasteiger partial charge < -0.3 is 5.32 Å². The number of azo groups is 1. The van der Waals surface area contributed by atoms with E-state index in [1.54, 1.807) is 0 Å². The molecule has 3 aliphatic heterocycles. The average Bonchev–Trinajstić information content (AvgIpc) is 3.15. The van der Waals surface area contributed by atoms with Crippen molar-refractivity contribution in [3.05, 3.63) is 52.2 Å². The normalized spacial score (nSPS) is 24.2. The summed E-state index contributed by atoms with van der Waals surface area (Å²) < 4.78 is 68.9. The predicted molar refractivity (Wildman–Crippen MR) is 112 cm³/mol. The molecule has 1 aromatic carbocycles. The van der Waals surface area contributed by atoms with E-state index in [9.17, 15) is 26.4 Å². The zero-order valence-corrected chi connectivity index (χ0v) is 19.0. The van der Waals surface area contributed by atoms with Gasteiger partial charge in [0.1, 0.15) is 17.5 Å². The van der Waals surface area contributed by atoms with Gasteiger partial charge in [0, 0.05) is 53.9 Å². The van der Waals surface area contributed by atoms with Gasteiger partial charge >= 0.3 is 0 Å². The average molecular weight is 481 g/mol. The van der Waals surface area contributed by atoms with E-state index < -0.39 is 37.8 Å². The first-order valence-corrected chi connectivity index (χ1v) is 12.2. The minimum atomic E-state index is -4.54. The number of carbonyl (C=O) groups excluding carboxylic acids is 1. The van der Waals surface area contributed by atoms with Crippen LogP contribution in [-0.2, 0) is 14.8 Å². The highest BCUT2D eigenvalue weighted by Crippen LogP contribution is 2.55. The van der Waals surface area contributed by atoms with Crippen LogP contribution in [-0.4, -0.2) is 38.1 Å². The number of Topliss-reactive ketones (excluding diaryl/α,β-unsaturated/α-hetero) is 1. The van der Waals surface area contributed by atoms with E-state index in [4.69, 9.17) is 0 Å². The Bertz CT molecular complexity index is 1250. The molecule has 0 atom stereocenters. The van der Waals surface area contributed by atoms with E-state index in [1.807, 2.05) is 13.8 Å². The molecule has 1 saturated heterocycles. The van der Waals surface area contributed by atoms with Gasteiger partial charge in [0.05, 0.1) is 6.54 Å². The molecule has 0 unspecified atom stereocenters. The molecule has 4 aliphatic rings. The molecule has 1 fully saturated rings. The van der Waals surface area contributed by atoms with E-state index in [1.165, 1.54) is 0 Å². The summed E-state index contributed by atoms with van der Waals surface area (Å²) in [7, 11) is -4.54. The van der Waals surface area contributed by atoms with Crippen molar-refractivity contribution in [1.82, 2.24) is 9.62 Å². The first-order chi connectivity index (χ1) is 15.4. The molecule has 11 heteroatoms. The molecule has 5 rings (SSSR count). The lowest BCUT2D eigenvalue weighted by atomic mass is 9.60. The molecule has 0 radical (unpaired) electrons. The zero-order valence-electron chi connectivity index (χ0n) is 18.2. The van der Waals surface area contributed by atoms with Gasteiger partial charge in [-0.05, 0) is 24.7 Å². The van der Waals surface area contributed by atoms with Crippen molar-refractivity contribution < 1.29 is 26.4 Å². The Hall–Kier alpha value is -2.53. The lowest BCUT2D eigenvalue weighted by molar-refractivity contribution is -0.119. The van der Waals surface area contributed by atoms with Crippen LogP contribution in [0.1, 0.15) is 39.5 Å². The number of hydrogen-bond acceptors (Lipinski definition) is 6. The number of benzene rings is 1. The van der Waals surface area contributed by atoms with Gasteiger partial charge in [0.2, 0.25) is 10.0 Å². The molecule has 1 aromatic rings. The zero-order chi connectivity index (χ0) is 23.8. The van der Waals surface area contributed by atoms with Gasteiger partial charge in [-0.15, -0.1) is 5.11 Å². The number of ketones is 1. The Morgan fingerprint density at radius 2 is 1.70 bits per heavy atom. The van der Waals surface area contributed by atoms with E-state index >= 15 is 0 Å². The van der Waals surface area contributed by atoms with Crippen LogP contribution < -0.4 is 5.32 Å². The molecule has 1 N–H and O–H groups in total. The fraction of sp³-hybridized carbons (Fsp3) is 0.500. The Labute approximate surface area is 189 Å². The molecule has 0 amide bonds. The van der Waals surface area contributed by atoms with Crippen LogP contribution in [0.4, 0.5) is 13.2 Å². The minimum absolute atomic E-state index is 0.0131. The van der Waals surface area contributed by atoms with Crippen molar-refractivity contribution in [3.8, 4) is 0 Å². The van der Waals surface area contributed by atoms with Crippen LogP contribution >= 0.6 is 0 Å². The predicted octanol–water partition coefficient (Wildman–Crippen LogP) is 3.80. The van der Waals surface area contributed by atoms with Gasteiger partial charge in [-0.2, -0.15) is 9.42 Å². The number of rotatable bonds is 2. The lowest BCUT2D eigenvalue weighted by Gasteiger charge is -2.48. The second kappa shape index (κ2) is 7.23. The minimum Gasteiger partial charge on any atom is -0.342 e. The summed E-state index contributed by atoms with van der Waals surface area (Å²) in [5.74, 6) is -3.52. The molecule has 33 heavy (non-hydrogen) atoms. The van der Waals surface area contributed by atoms with E-state index in [0.29, 0.717) is 42.9 Å². The Kier molecular flexibility index (Phi) is 4.88. The molecular formula is C22H23F3N4O3S. The van der Waals surface area contributed by atoms with Crippen molar-refractivity contribution in [2.45, 2.75) is 44.4 Å². The smallest absolute Gasteiger partial charge is 0.248 e. The Morgan fingerprint density at radius 1 is 1.06 bits per heavy atom. The van der Waals surface area contributed by atoms with Gasteiger partial charge in [0.15, 0.2) is 16.5 Å². The van der Waals surface area contributed by atoms with E-state index in [2.05, 4.69) is 15.5 Å². The maximum absolute atomic E-state index is 14.3. The quantitative estimate of drug-likeness (QED) is 0.697. The number of halogens is 3. The van der Waals surface area contributed by atoms with Gasteiger partial charge in [-0.25, -0.2) is 21.6 Å². The third-order valence-corrected chi connectivity index (χ3v) is 8.97. The number of dihydropyridines is 1. The lowest BCUT2D eigenvalue weighted by Crippen LogP contribution is -2.50. The Morgan fingerprint density at radius 3 is 2.33 bits per heavy atom. The second-order valence-electron chi connectivity index (χ2n) is 9.83. The van der Waals surface area contributed by atoms with Gasteiger partial charge in [-0.1, -0.05) is 13.8 Å². The SMILES string of the molecule is CC1(C)CC(=O)C2=C(C1)NC1=C(CN=N1)C21CCN(S(=O)(=O)c2c(F)cc(F)cc2F)CC1. The highest BCUT2D eigenvalue weighted by Gasteiger charge is 2.53. The summed E-state index contributed by atoms with van der Waals surface area (Å²) >= 11 is 0. The molecule has 0 saturated carbocycles.